The highest BCUT2D eigenvalue weighted by molar-refractivity contribution is 6.31. The van der Waals surface area contributed by atoms with Crippen molar-refractivity contribution < 1.29 is 4.79 Å². The predicted molar refractivity (Wildman–Crippen MR) is 92.1 cm³/mol. The molecular weight excluding hydrogens is 328 g/mol. The number of hydrogen-bond acceptors (Lipinski definition) is 4. The molecule has 0 aliphatic rings. The number of amides is 1. The van der Waals surface area contributed by atoms with Crippen LogP contribution in [0.1, 0.15) is 23.0 Å². The van der Waals surface area contributed by atoms with Gasteiger partial charge in [0.2, 0.25) is 5.43 Å². The Hall–Kier alpha value is -2.73. The molecule has 0 saturated carbocycles. The molecule has 0 fully saturated rings. The number of pyridine rings is 1. The van der Waals surface area contributed by atoms with Gasteiger partial charge in [-0.3, -0.25) is 19.3 Å². The molecule has 0 aliphatic carbocycles. The first-order valence-electron chi connectivity index (χ1n) is 7.47. The molecule has 3 rings (SSSR count). The van der Waals surface area contributed by atoms with Gasteiger partial charge in [-0.25, -0.2) is 0 Å². The lowest BCUT2D eigenvalue weighted by atomic mass is 10.2. The average molecular weight is 343 g/mol. The summed E-state index contributed by atoms with van der Waals surface area (Å²) in [6.07, 6.45) is 3.28. The minimum Gasteiger partial charge on any atom is -0.346 e. The van der Waals surface area contributed by atoms with Crippen molar-refractivity contribution in [2.75, 3.05) is 0 Å². The summed E-state index contributed by atoms with van der Waals surface area (Å²) >= 11 is 5.98. The minimum absolute atomic E-state index is 0.138. The fourth-order valence-electron chi connectivity index (χ4n) is 2.42. The van der Waals surface area contributed by atoms with Crippen LogP contribution in [0.5, 0.6) is 0 Å². The highest BCUT2D eigenvalue weighted by Gasteiger charge is 2.17. The van der Waals surface area contributed by atoms with E-state index in [0.29, 0.717) is 29.0 Å². The monoisotopic (exact) mass is 342 g/mol. The van der Waals surface area contributed by atoms with Gasteiger partial charge in [0.1, 0.15) is 0 Å². The molecule has 3 aromatic rings. The van der Waals surface area contributed by atoms with E-state index < -0.39 is 11.3 Å². The molecule has 0 unspecified atom stereocenters. The van der Waals surface area contributed by atoms with Gasteiger partial charge in [0, 0.05) is 30.5 Å². The Kier molecular flexibility index (Phi) is 4.57. The summed E-state index contributed by atoms with van der Waals surface area (Å²) in [5, 5.41) is 7.73. The molecule has 0 bridgehead atoms. The van der Waals surface area contributed by atoms with E-state index in [1.165, 1.54) is 0 Å². The van der Waals surface area contributed by atoms with E-state index in [9.17, 15) is 9.59 Å². The lowest BCUT2D eigenvalue weighted by Crippen LogP contribution is -2.31. The summed E-state index contributed by atoms with van der Waals surface area (Å²) in [7, 11) is 0. The molecule has 7 heteroatoms. The first kappa shape index (κ1) is 16.1. The molecule has 0 spiro atoms. The summed E-state index contributed by atoms with van der Waals surface area (Å²) in [6, 6.07) is 8.57. The second kappa shape index (κ2) is 6.80. The number of carbonyl (C=O) groups excluding carboxylic acids is 1. The smallest absolute Gasteiger partial charge is 0.276 e. The van der Waals surface area contributed by atoms with E-state index in [-0.39, 0.29) is 5.69 Å². The largest absolute Gasteiger partial charge is 0.346 e. The zero-order chi connectivity index (χ0) is 17.1. The summed E-state index contributed by atoms with van der Waals surface area (Å²) in [5.41, 5.74) is 0.973. The van der Waals surface area contributed by atoms with Crippen LogP contribution in [-0.2, 0) is 13.1 Å². The molecular formula is C17H15ClN4O2. The van der Waals surface area contributed by atoms with Crippen molar-refractivity contribution in [1.29, 1.82) is 0 Å². The molecule has 1 aromatic carbocycles. The maximum atomic E-state index is 12.6. The van der Waals surface area contributed by atoms with Gasteiger partial charge in [-0.05, 0) is 42.8 Å². The van der Waals surface area contributed by atoms with Crippen LogP contribution >= 0.6 is 11.6 Å². The van der Waals surface area contributed by atoms with E-state index in [0.717, 1.165) is 5.56 Å². The maximum Gasteiger partial charge on any atom is 0.276 e. The van der Waals surface area contributed by atoms with Crippen LogP contribution in [0.3, 0.4) is 0 Å². The SMILES string of the molecule is CCn1nc(C(=O)NCc2ccncc2)c(=O)c2cc(Cl)ccc21. The minimum atomic E-state index is -0.513. The first-order chi connectivity index (χ1) is 11.6. The van der Waals surface area contributed by atoms with Crippen molar-refractivity contribution in [3.05, 3.63) is 69.2 Å². The number of nitrogens with one attached hydrogen (secondary N) is 1. The second-order valence-electron chi connectivity index (χ2n) is 5.19. The third-order valence-corrected chi connectivity index (χ3v) is 3.87. The molecule has 2 heterocycles. The predicted octanol–water partition coefficient (Wildman–Crippen LogP) is 2.39. The number of nitrogens with zero attached hydrogens (tertiary/aromatic N) is 3. The van der Waals surface area contributed by atoms with Crippen LogP contribution in [-0.4, -0.2) is 20.7 Å². The van der Waals surface area contributed by atoms with Gasteiger partial charge >= 0.3 is 0 Å². The standard InChI is InChI=1S/C17H15ClN4O2/c1-2-22-14-4-3-12(18)9-13(14)16(23)15(21-22)17(24)20-10-11-5-7-19-8-6-11/h3-9H,2,10H2,1H3,(H,20,24). The van der Waals surface area contributed by atoms with Gasteiger partial charge in [0.25, 0.3) is 5.91 Å². The number of rotatable bonds is 4. The Morgan fingerprint density at radius 2 is 2.00 bits per heavy atom. The Morgan fingerprint density at radius 1 is 1.25 bits per heavy atom. The Balaban J connectivity index is 1.98. The number of benzene rings is 1. The van der Waals surface area contributed by atoms with E-state index in [2.05, 4.69) is 15.4 Å². The molecule has 6 nitrogen and oxygen atoms in total. The van der Waals surface area contributed by atoms with Crippen LogP contribution in [0.15, 0.2) is 47.5 Å². The number of aromatic nitrogens is 3. The van der Waals surface area contributed by atoms with E-state index in [1.807, 2.05) is 6.92 Å². The third kappa shape index (κ3) is 3.14. The van der Waals surface area contributed by atoms with Crippen molar-refractivity contribution >= 4 is 28.4 Å². The van der Waals surface area contributed by atoms with Gasteiger partial charge < -0.3 is 5.32 Å². The quantitative estimate of drug-likeness (QED) is 0.789. The lowest BCUT2D eigenvalue weighted by Gasteiger charge is -2.10. The zero-order valence-electron chi connectivity index (χ0n) is 13.0. The van der Waals surface area contributed by atoms with Crippen molar-refractivity contribution in [1.82, 2.24) is 20.1 Å². The van der Waals surface area contributed by atoms with Gasteiger partial charge in [-0.2, -0.15) is 5.10 Å². The molecule has 0 aliphatic heterocycles. The van der Waals surface area contributed by atoms with Crippen molar-refractivity contribution in [3.63, 3.8) is 0 Å². The average Bonchev–Trinajstić information content (AvgIpc) is 2.61. The maximum absolute atomic E-state index is 12.6. The Morgan fingerprint density at radius 3 is 2.71 bits per heavy atom. The van der Waals surface area contributed by atoms with Gasteiger partial charge in [-0.15, -0.1) is 0 Å². The summed E-state index contributed by atoms with van der Waals surface area (Å²) in [6.45, 7) is 2.72. The first-order valence-corrected chi connectivity index (χ1v) is 7.85. The molecule has 0 atom stereocenters. The lowest BCUT2D eigenvalue weighted by molar-refractivity contribution is 0.0942. The van der Waals surface area contributed by atoms with Crippen molar-refractivity contribution in [3.8, 4) is 0 Å². The molecule has 1 amide bonds. The molecule has 0 radical (unpaired) electrons. The van der Waals surface area contributed by atoms with Crippen LogP contribution in [0.25, 0.3) is 10.9 Å². The van der Waals surface area contributed by atoms with Crippen LogP contribution in [0.4, 0.5) is 0 Å². The van der Waals surface area contributed by atoms with Crippen LogP contribution in [0, 0.1) is 0 Å². The topological polar surface area (TPSA) is 76.9 Å². The number of aryl methyl sites for hydroxylation is 1. The fourth-order valence-corrected chi connectivity index (χ4v) is 2.59. The zero-order valence-corrected chi connectivity index (χ0v) is 13.7. The summed E-state index contributed by atoms with van der Waals surface area (Å²) in [5.74, 6) is -0.513. The molecule has 1 N–H and O–H groups in total. The van der Waals surface area contributed by atoms with Gasteiger partial charge in [0.05, 0.1) is 10.9 Å². The molecule has 122 valence electrons. The van der Waals surface area contributed by atoms with Crippen LogP contribution < -0.4 is 10.7 Å². The normalized spacial score (nSPS) is 10.8. The number of carbonyl (C=O) groups is 1. The van der Waals surface area contributed by atoms with Gasteiger partial charge in [-0.1, -0.05) is 11.6 Å². The number of halogens is 1. The number of hydrogen-bond donors (Lipinski definition) is 1. The second-order valence-corrected chi connectivity index (χ2v) is 5.63. The van der Waals surface area contributed by atoms with Crippen LogP contribution in [0.2, 0.25) is 5.02 Å². The van der Waals surface area contributed by atoms with Gasteiger partial charge in [0.15, 0.2) is 5.69 Å². The molecule has 24 heavy (non-hydrogen) atoms. The highest BCUT2D eigenvalue weighted by atomic mass is 35.5. The Labute approximate surface area is 143 Å². The van der Waals surface area contributed by atoms with Crippen molar-refractivity contribution in [2.45, 2.75) is 20.0 Å². The van der Waals surface area contributed by atoms with E-state index >= 15 is 0 Å². The molecule has 2 aromatic heterocycles. The van der Waals surface area contributed by atoms with E-state index in [1.54, 1.807) is 47.4 Å². The Bertz CT molecular complexity index is 954. The highest BCUT2D eigenvalue weighted by Crippen LogP contribution is 2.16. The van der Waals surface area contributed by atoms with Crippen molar-refractivity contribution in [2.24, 2.45) is 0 Å². The summed E-state index contributed by atoms with van der Waals surface area (Å²) in [4.78, 5) is 28.9. The van der Waals surface area contributed by atoms with E-state index in [4.69, 9.17) is 11.6 Å². The number of fused-ring (bicyclic) bond motifs is 1. The fraction of sp³-hybridized carbons (Fsp3) is 0.176. The molecule has 0 saturated heterocycles. The third-order valence-electron chi connectivity index (χ3n) is 3.63. The summed E-state index contributed by atoms with van der Waals surface area (Å²) < 4.78 is 1.62.